The molecule has 2 heterocycles. The van der Waals surface area contributed by atoms with Crippen LogP contribution in [0.15, 0.2) is 42.6 Å². The molecule has 3 aromatic rings. The van der Waals surface area contributed by atoms with Crippen molar-refractivity contribution < 1.29 is 14.6 Å². The number of carbonyl (C=O) groups is 1. The number of aromatic hydroxyl groups is 1. The summed E-state index contributed by atoms with van der Waals surface area (Å²) in [6.07, 6.45) is 1.59. The molecule has 0 fully saturated rings. The number of esters is 1. The van der Waals surface area contributed by atoms with Gasteiger partial charge in [0.1, 0.15) is 11.6 Å². The highest BCUT2D eigenvalue weighted by Crippen LogP contribution is 2.31. The zero-order chi connectivity index (χ0) is 15.0. The van der Waals surface area contributed by atoms with Crippen LogP contribution in [0.3, 0.4) is 0 Å². The van der Waals surface area contributed by atoms with E-state index in [0.717, 1.165) is 0 Å². The van der Waals surface area contributed by atoms with Gasteiger partial charge >= 0.3 is 5.97 Å². The fraction of sp³-hybridized carbons (Fsp3) is 0.0667. The first-order chi connectivity index (χ1) is 10.1. The van der Waals surface area contributed by atoms with Crippen molar-refractivity contribution in [2.24, 2.45) is 0 Å². The Bertz CT molecular complexity index is 842. The summed E-state index contributed by atoms with van der Waals surface area (Å²) >= 11 is 6.12. The summed E-state index contributed by atoms with van der Waals surface area (Å²) in [5.74, 6) is 0.0911. The predicted octanol–water partition coefficient (Wildman–Crippen LogP) is 3.15. The maximum atomic E-state index is 11.6. The molecule has 0 aliphatic heterocycles. The third-order valence-electron chi connectivity index (χ3n) is 3.16. The van der Waals surface area contributed by atoms with E-state index in [4.69, 9.17) is 16.3 Å². The molecule has 0 atom stereocenters. The third kappa shape index (κ3) is 2.21. The molecular weight excluding hydrogens is 292 g/mol. The number of fused-ring (bicyclic) bond motifs is 1. The molecule has 6 heteroatoms. The number of rotatable bonds is 2. The number of imidazole rings is 1. The topological polar surface area (TPSA) is 63.8 Å². The molecule has 0 aliphatic carbocycles. The highest BCUT2D eigenvalue weighted by Gasteiger charge is 2.16. The van der Waals surface area contributed by atoms with Gasteiger partial charge in [-0.25, -0.2) is 9.78 Å². The Morgan fingerprint density at radius 2 is 2.05 bits per heavy atom. The molecule has 1 aromatic carbocycles. The number of methoxy groups -OCH3 is 1. The molecule has 2 aromatic heterocycles. The van der Waals surface area contributed by atoms with E-state index in [1.165, 1.54) is 7.11 Å². The zero-order valence-electron chi connectivity index (χ0n) is 11.1. The predicted molar refractivity (Wildman–Crippen MR) is 78.6 cm³/mol. The van der Waals surface area contributed by atoms with Gasteiger partial charge in [0.25, 0.3) is 0 Å². The number of nitrogens with zero attached hydrogens (tertiary/aromatic N) is 2. The minimum Gasteiger partial charge on any atom is -0.507 e. The summed E-state index contributed by atoms with van der Waals surface area (Å²) in [7, 11) is 1.32. The number of phenolic OH excluding ortho intramolecular Hbond substituents is 1. The van der Waals surface area contributed by atoms with Gasteiger partial charge in [0, 0.05) is 6.20 Å². The molecule has 0 saturated heterocycles. The van der Waals surface area contributed by atoms with E-state index in [2.05, 4.69) is 4.98 Å². The summed E-state index contributed by atoms with van der Waals surface area (Å²) in [5, 5.41) is 10.3. The van der Waals surface area contributed by atoms with Crippen molar-refractivity contribution in [3.8, 4) is 17.1 Å². The molecule has 0 bridgehead atoms. The molecule has 0 spiro atoms. The van der Waals surface area contributed by atoms with Crippen LogP contribution in [0, 0.1) is 0 Å². The number of halogens is 1. The highest BCUT2D eigenvalue weighted by atomic mass is 35.5. The van der Waals surface area contributed by atoms with Gasteiger partial charge in [0.2, 0.25) is 0 Å². The lowest BCUT2D eigenvalue weighted by Crippen LogP contribution is -2.03. The molecule has 0 aliphatic rings. The van der Waals surface area contributed by atoms with Crippen LogP contribution in [0.5, 0.6) is 5.75 Å². The number of aromatic nitrogens is 2. The number of carbonyl (C=O) groups excluding carboxylic acids is 1. The number of hydrogen-bond acceptors (Lipinski definition) is 4. The average molecular weight is 303 g/mol. The molecule has 0 saturated carbocycles. The lowest BCUT2D eigenvalue weighted by molar-refractivity contribution is 0.0600. The van der Waals surface area contributed by atoms with Gasteiger partial charge in [-0.1, -0.05) is 23.7 Å². The van der Waals surface area contributed by atoms with E-state index in [-0.39, 0.29) is 5.75 Å². The van der Waals surface area contributed by atoms with Crippen molar-refractivity contribution in [2.75, 3.05) is 7.11 Å². The van der Waals surface area contributed by atoms with Gasteiger partial charge < -0.3 is 9.84 Å². The molecule has 5 nitrogen and oxygen atoms in total. The van der Waals surface area contributed by atoms with Crippen LogP contribution in [0.4, 0.5) is 0 Å². The first kappa shape index (κ1) is 13.5. The van der Waals surface area contributed by atoms with Crippen LogP contribution in [0.25, 0.3) is 16.9 Å². The molecule has 0 amide bonds. The molecule has 106 valence electrons. The van der Waals surface area contributed by atoms with Crippen molar-refractivity contribution in [3.05, 3.63) is 53.3 Å². The maximum Gasteiger partial charge on any atom is 0.339 e. The second kappa shape index (κ2) is 5.10. The quantitative estimate of drug-likeness (QED) is 0.739. The van der Waals surface area contributed by atoms with E-state index in [1.54, 1.807) is 47.0 Å². The largest absolute Gasteiger partial charge is 0.507 e. The SMILES string of the molecule is COC(=O)c1ccc2c(Cl)nc(-c3ccccc3O)n2c1. The van der Waals surface area contributed by atoms with Gasteiger partial charge in [-0.05, 0) is 24.3 Å². The van der Waals surface area contributed by atoms with E-state index in [1.807, 2.05) is 0 Å². The molecule has 21 heavy (non-hydrogen) atoms. The van der Waals surface area contributed by atoms with Crippen molar-refractivity contribution in [3.63, 3.8) is 0 Å². The van der Waals surface area contributed by atoms with Gasteiger partial charge in [-0.15, -0.1) is 0 Å². The van der Waals surface area contributed by atoms with Crippen LogP contribution in [0.1, 0.15) is 10.4 Å². The van der Waals surface area contributed by atoms with Gasteiger partial charge in [0.15, 0.2) is 5.15 Å². The van der Waals surface area contributed by atoms with Crippen LogP contribution in [-0.2, 0) is 4.74 Å². The first-order valence-corrected chi connectivity index (χ1v) is 6.54. The van der Waals surface area contributed by atoms with Crippen molar-refractivity contribution >= 4 is 23.1 Å². The lowest BCUT2D eigenvalue weighted by atomic mass is 10.2. The Hall–Kier alpha value is -2.53. The third-order valence-corrected chi connectivity index (χ3v) is 3.44. The zero-order valence-corrected chi connectivity index (χ0v) is 11.8. The van der Waals surface area contributed by atoms with Crippen LogP contribution in [-0.4, -0.2) is 27.6 Å². The normalized spacial score (nSPS) is 10.8. The molecule has 0 radical (unpaired) electrons. The van der Waals surface area contributed by atoms with Crippen LogP contribution in [0.2, 0.25) is 5.15 Å². The smallest absolute Gasteiger partial charge is 0.339 e. The first-order valence-electron chi connectivity index (χ1n) is 6.16. The van der Waals surface area contributed by atoms with Gasteiger partial charge in [-0.2, -0.15) is 0 Å². The van der Waals surface area contributed by atoms with Crippen molar-refractivity contribution in [1.29, 1.82) is 0 Å². The Balaban J connectivity index is 2.28. The Kier molecular flexibility index (Phi) is 3.27. The van der Waals surface area contributed by atoms with E-state index in [9.17, 15) is 9.90 Å². The fourth-order valence-corrected chi connectivity index (χ4v) is 2.37. The fourth-order valence-electron chi connectivity index (χ4n) is 2.14. The maximum absolute atomic E-state index is 11.6. The minimum absolute atomic E-state index is 0.0875. The monoisotopic (exact) mass is 302 g/mol. The van der Waals surface area contributed by atoms with E-state index < -0.39 is 5.97 Å². The second-order valence-electron chi connectivity index (χ2n) is 4.41. The lowest BCUT2D eigenvalue weighted by Gasteiger charge is -2.05. The Morgan fingerprint density at radius 1 is 1.29 bits per heavy atom. The molecule has 0 unspecified atom stereocenters. The van der Waals surface area contributed by atoms with Crippen molar-refractivity contribution in [1.82, 2.24) is 9.38 Å². The van der Waals surface area contributed by atoms with E-state index >= 15 is 0 Å². The molecule has 3 rings (SSSR count). The number of hydrogen-bond donors (Lipinski definition) is 1. The number of pyridine rings is 1. The highest BCUT2D eigenvalue weighted by molar-refractivity contribution is 6.33. The average Bonchev–Trinajstić information content (AvgIpc) is 2.83. The number of ether oxygens (including phenoxy) is 1. The van der Waals surface area contributed by atoms with Crippen LogP contribution >= 0.6 is 11.6 Å². The van der Waals surface area contributed by atoms with Crippen LogP contribution < -0.4 is 0 Å². The second-order valence-corrected chi connectivity index (χ2v) is 4.77. The molecule has 1 N–H and O–H groups in total. The Labute approximate surface area is 125 Å². The number of phenols is 1. The number of para-hydroxylation sites is 1. The van der Waals surface area contributed by atoms with E-state index in [0.29, 0.717) is 27.6 Å². The summed E-state index contributed by atoms with van der Waals surface area (Å²) in [6, 6.07) is 10.1. The molecular formula is C15H11ClN2O3. The van der Waals surface area contributed by atoms with Gasteiger partial charge in [-0.3, -0.25) is 4.40 Å². The summed E-state index contributed by atoms with van der Waals surface area (Å²) < 4.78 is 6.36. The summed E-state index contributed by atoms with van der Waals surface area (Å²) in [5.41, 5.74) is 1.54. The number of benzene rings is 1. The van der Waals surface area contributed by atoms with Gasteiger partial charge in [0.05, 0.1) is 23.8 Å². The summed E-state index contributed by atoms with van der Waals surface area (Å²) in [6.45, 7) is 0. The summed E-state index contributed by atoms with van der Waals surface area (Å²) in [4.78, 5) is 15.9. The standard InChI is InChI=1S/C15H11ClN2O3/c1-21-15(20)9-6-7-11-13(16)17-14(18(11)8-9)10-4-2-3-5-12(10)19/h2-8,19H,1H3. The minimum atomic E-state index is -0.454. The Morgan fingerprint density at radius 3 is 2.76 bits per heavy atom. The van der Waals surface area contributed by atoms with Crippen molar-refractivity contribution in [2.45, 2.75) is 0 Å².